The number of nitrogens with zero attached hydrogens (tertiary/aromatic N) is 4. The van der Waals surface area contributed by atoms with Crippen LogP contribution >= 0.6 is 24.0 Å². The summed E-state index contributed by atoms with van der Waals surface area (Å²) in [6.07, 6.45) is 2.13. The molecule has 1 saturated heterocycles. The van der Waals surface area contributed by atoms with E-state index in [0.717, 1.165) is 48.5 Å². The van der Waals surface area contributed by atoms with E-state index in [9.17, 15) is 0 Å². The van der Waals surface area contributed by atoms with Gasteiger partial charge in [0.1, 0.15) is 0 Å². The van der Waals surface area contributed by atoms with Crippen LogP contribution in [0.15, 0.2) is 42.5 Å². The second kappa shape index (κ2) is 8.18. The molecule has 1 aliphatic heterocycles. The number of rotatable bonds is 3. The Bertz CT molecular complexity index is 992. The fourth-order valence-electron chi connectivity index (χ4n) is 3.57. The normalized spacial score (nSPS) is 16.8. The van der Waals surface area contributed by atoms with Crippen LogP contribution in [0.3, 0.4) is 0 Å². The number of benzene rings is 2. The zero-order valence-electron chi connectivity index (χ0n) is 14.8. The third-order valence-corrected chi connectivity index (χ3v) is 5.24. The molecule has 1 aromatic heterocycles. The molecule has 2 N–H and O–H groups in total. The Morgan fingerprint density at radius 2 is 2.07 bits per heavy atom. The molecule has 0 radical (unpaired) electrons. The van der Waals surface area contributed by atoms with Gasteiger partial charge in [0.25, 0.3) is 0 Å². The zero-order chi connectivity index (χ0) is 18.1. The number of nitrogens with two attached hydrogens (primary N) is 1. The van der Waals surface area contributed by atoms with E-state index in [-0.39, 0.29) is 18.4 Å². The lowest BCUT2D eigenvalue weighted by molar-refractivity contribution is 0.495. The minimum atomic E-state index is 0. The lowest BCUT2D eigenvalue weighted by Crippen LogP contribution is -2.44. The van der Waals surface area contributed by atoms with E-state index in [0.29, 0.717) is 17.1 Å². The number of aromatic nitrogens is 2. The van der Waals surface area contributed by atoms with Gasteiger partial charge in [-0.2, -0.15) is 5.26 Å². The molecule has 1 fully saturated rings. The summed E-state index contributed by atoms with van der Waals surface area (Å²) >= 11 is 6.42. The number of para-hydroxylation sites is 2. The SMILES string of the molecule is Cl.N#Cc1ccc(Cn2c(N3CCCC(N)C3)nc3ccccc32)c(Cl)c1. The quantitative estimate of drug-likeness (QED) is 0.720. The van der Waals surface area contributed by atoms with Crippen molar-refractivity contribution in [3.05, 3.63) is 58.6 Å². The highest BCUT2D eigenvalue weighted by Gasteiger charge is 2.23. The van der Waals surface area contributed by atoms with Crippen LogP contribution in [0.25, 0.3) is 11.0 Å². The average Bonchev–Trinajstić information content (AvgIpc) is 3.02. The van der Waals surface area contributed by atoms with E-state index in [2.05, 4.69) is 21.6 Å². The molecule has 1 atom stereocenters. The average molecular weight is 402 g/mol. The third-order valence-electron chi connectivity index (χ3n) is 4.89. The van der Waals surface area contributed by atoms with Crippen molar-refractivity contribution in [2.24, 2.45) is 5.73 Å². The third kappa shape index (κ3) is 3.89. The van der Waals surface area contributed by atoms with Crippen LogP contribution in [0.1, 0.15) is 24.0 Å². The lowest BCUT2D eigenvalue weighted by atomic mass is 10.1. The number of nitriles is 1. The molecule has 5 nitrogen and oxygen atoms in total. The van der Waals surface area contributed by atoms with Gasteiger partial charge in [-0.1, -0.05) is 29.8 Å². The van der Waals surface area contributed by atoms with Gasteiger partial charge in [0, 0.05) is 24.2 Å². The van der Waals surface area contributed by atoms with Crippen LogP contribution in [0.4, 0.5) is 5.95 Å². The summed E-state index contributed by atoms with van der Waals surface area (Å²) in [4.78, 5) is 7.14. The topological polar surface area (TPSA) is 70.9 Å². The number of halogens is 2. The summed E-state index contributed by atoms with van der Waals surface area (Å²) in [7, 11) is 0. The number of piperidine rings is 1. The van der Waals surface area contributed by atoms with Crippen molar-refractivity contribution in [3.63, 3.8) is 0 Å². The minimum Gasteiger partial charge on any atom is -0.341 e. The second-order valence-corrected chi connectivity index (χ2v) is 7.16. The van der Waals surface area contributed by atoms with E-state index < -0.39 is 0 Å². The molecular weight excluding hydrogens is 381 g/mol. The van der Waals surface area contributed by atoms with Crippen LogP contribution in [0.5, 0.6) is 0 Å². The van der Waals surface area contributed by atoms with Gasteiger partial charge in [-0.15, -0.1) is 12.4 Å². The van der Waals surface area contributed by atoms with Gasteiger partial charge in [-0.25, -0.2) is 4.98 Å². The van der Waals surface area contributed by atoms with E-state index >= 15 is 0 Å². The zero-order valence-corrected chi connectivity index (χ0v) is 16.4. The molecule has 2 aromatic carbocycles. The largest absolute Gasteiger partial charge is 0.341 e. The molecule has 0 amide bonds. The fraction of sp³-hybridized carbons (Fsp3) is 0.300. The number of imidazole rings is 1. The highest BCUT2D eigenvalue weighted by Crippen LogP contribution is 2.28. The predicted octanol–water partition coefficient (Wildman–Crippen LogP) is 3.96. The second-order valence-electron chi connectivity index (χ2n) is 6.75. The minimum absolute atomic E-state index is 0. The summed E-state index contributed by atoms with van der Waals surface area (Å²) < 4.78 is 2.20. The molecule has 27 heavy (non-hydrogen) atoms. The molecule has 1 aliphatic rings. The van der Waals surface area contributed by atoms with Crippen molar-refractivity contribution in [2.75, 3.05) is 18.0 Å². The molecule has 140 valence electrons. The number of hydrogen-bond donors (Lipinski definition) is 1. The molecule has 0 aliphatic carbocycles. The van der Waals surface area contributed by atoms with Crippen LogP contribution in [-0.4, -0.2) is 28.7 Å². The number of hydrogen-bond acceptors (Lipinski definition) is 4. The van der Waals surface area contributed by atoms with Crippen molar-refractivity contribution in [2.45, 2.75) is 25.4 Å². The predicted molar refractivity (Wildman–Crippen MR) is 112 cm³/mol. The smallest absolute Gasteiger partial charge is 0.206 e. The Hall–Kier alpha value is -2.26. The first-order valence-electron chi connectivity index (χ1n) is 8.80. The van der Waals surface area contributed by atoms with Gasteiger partial charge in [0.05, 0.1) is 29.2 Å². The summed E-state index contributed by atoms with van der Waals surface area (Å²) in [5, 5.41) is 9.65. The standard InChI is InChI=1S/C20H20ClN5.ClH/c21-17-10-14(11-22)7-8-15(17)12-26-19-6-2-1-5-18(19)24-20(26)25-9-3-4-16(23)13-25;/h1-2,5-8,10,16H,3-4,9,12-13,23H2;1H. The van der Waals surface area contributed by atoms with Crippen molar-refractivity contribution < 1.29 is 0 Å². The van der Waals surface area contributed by atoms with E-state index in [1.54, 1.807) is 12.1 Å². The van der Waals surface area contributed by atoms with Crippen LogP contribution < -0.4 is 10.6 Å². The molecule has 2 heterocycles. The highest BCUT2D eigenvalue weighted by atomic mass is 35.5. The maximum atomic E-state index is 9.05. The Morgan fingerprint density at radius 3 is 2.81 bits per heavy atom. The van der Waals surface area contributed by atoms with E-state index in [1.165, 1.54) is 0 Å². The van der Waals surface area contributed by atoms with Crippen molar-refractivity contribution in [1.29, 1.82) is 5.26 Å². The molecule has 0 spiro atoms. The van der Waals surface area contributed by atoms with Crippen LogP contribution in [0.2, 0.25) is 5.02 Å². The maximum Gasteiger partial charge on any atom is 0.206 e. The number of fused-ring (bicyclic) bond motifs is 1. The lowest BCUT2D eigenvalue weighted by Gasteiger charge is -2.32. The highest BCUT2D eigenvalue weighted by molar-refractivity contribution is 6.31. The molecular formula is C20H21Cl2N5. The Labute approximate surface area is 169 Å². The molecule has 0 saturated carbocycles. The van der Waals surface area contributed by atoms with Gasteiger partial charge >= 0.3 is 0 Å². The summed E-state index contributed by atoms with van der Waals surface area (Å²) in [6.45, 7) is 2.37. The fourth-order valence-corrected chi connectivity index (χ4v) is 3.81. The summed E-state index contributed by atoms with van der Waals surface area (Å²) in [6, 6.07) is 15.9. The van der Waals surface area contributed by atoms with Gasteiger partial charge in [0.15, 0.2) is 0 Å². The van der Waals surface area contributed by atoms with Gasteiger partial charge in [0.2, 0.25) is 5.95 Å². The first-order valence-corrected chi connectivity index (χ1v) is 9.18. The number of anilines is 1. The van der Waals surface area contributed by atoms with Crippen molar-refractivity contribution >= 4 is 41.0 Å². The van der Waals surface area contributed by atoms with Crippen molar-refractivity contribution in [1.82, 2.24) is 9.55 Å². The van der Waals surface area contributed by atoms with Gasteiger partial charge < -0.3 is 15.2 Å². The van der Waals surface area contributed by atoms with E-state index in [4.69, 9.17) is 27.6 Å². The monoisotopic (exact) mass is 401 g/mol. The van der Waals surface area contributed by atoms with Crippen molar-refractivity contribution in [3.8, 4) is 6.07 Å². The van der Waals surface area contributed by atoms with Gasteiger partial charge in [-0.05, 0) is 42.7 Å². The Kier molecular flexibility index (Phi) is 5.91. The first-order chi connectivity index (χ1) is 12.7. The molecule has 0 bridgehead atoms. The van der Waals surface area contributed by atoms with Gasteiger partial charge in [-0.3, -0.25) is 0 Å². The Morgan fingerprint density at radius 1 is 1.26 bits per heavy atom. The summed E-state index contributed by atoms with van der Waals surface area (Å²) in [5.41, 5.74) is 9.76. The van der Waals surface area contributed by atoms with Crippen LogP contribution in [0, 0.1) is 11.3 Å². The van der Waals surface area contributed by atoms with Crippen LogP contribution in [-0.2, 0) is 6.54 Å². The Balaban J connectivity index is 0.00000210. The molecule has 3 aromatic rings. The first kappa shape index (κ1) is 19.5. The van der Waals surface area contributed by atoms with E-state index in [1.807, 2.05) is 24.3 Å². The molecule has 4 rings (SSSR count). The molecule has 7 heteroatoms. The molecule has 1 unspecified atom stereocenters. The maximum absolute atomic E-state index is 9.05. The summed E-state index contributed by atoms with van der Waals surface area (Å²) in [5.74, 6) is 0.932.